The van der Waals surface area contributed by atoms with Crippen molar-refractivity contribution in [2.45, 2.75) is 0 Å². The number of nitrogens with two attached hydrogens (primary N) is 4. The molecule has 13 heavy (non-hydrogen) atoms. The van der Waals surface area contributed by atoms with E-state index in [0.717, 1.165) is 0 Å². The maximum atomic E-state index is 5.56. The Morgan fingerprint density at radius 1 is 1.23 bits per heavy atom. The fourth-order valence-corrected chi connectivity index (χ4v) is 3.43. The van der Waals surface area contributed by atoms with E-state index in [9.17, 15) is 0 Å². The van der Waals surface area contributed by atoms with E-state index in [2.05, 4.69) is 12.6 Å². The lowest BCUT2D eigenvalue weighted by Crippen LogP contribution is -2.05. The Labute approximate surface area is 94.5 Å². The van der Waals surface area contributed by atoms with Gasteiger partial charge in [0.1, 0.15) is 15.1 Å². The quantitative estimate of drug-likeness (QED) is 0.353. The van der Waals surface area contributed by atoms with Crippen LogP contribution in [0.3, 0.4) is 0 Å². The Kier molecular flexibility index (Phi) is 3.86. The largest absolute Gasteiger partial charge is 0.392 e. The van der Waals surface area contributed by atoms with Gasteiger partial charge in [-0.2, -0.15) is 0 Å². The highest BCUT2D eigenvalue weighted by Gasteiger charge is 2.22. The molecular formula is C4H9N5S4. The predicted molar refractivity (Wildman–Crippen MR) is 64.4 cm³/mol. The van der Waals surface area contributed by atoms with Crippen LogP contribution in [-0.4, -0.2) is 3.12 Å². The molecule has 0 aromatic carbocycles. The Morgan fingerprint density at radius 2 is 1.69 bits per heavy atom. The molecule has 0 radical (unpaired) electrons. The van der Waals surface area contributed by atoms with Crippen LogP contribution in [0.1, 0.15) is 0 Å². The van der Waals surface area contributed by atoms with Crippen LogP contribution < -0.4 is 22.9 Å². The zero-order valence-electron chi connectivity index (χ0n) is 6.43. The molecule has 1 aliphatic rings. The standard InChI is InChI=1S/C4H9N5S4/c5-1(10)2(6)11-9-12-3(7)4(8)13-9/h10H,5-8H2/b2-1-. The highest BCUT2D eigenvalue weighted by molar-refractivity contribution is 8.30. The third-order valence-electron chi connectivity index (χ3n) is 1.01. The molecule has 74 valence electrons. The molecule has 0 saturated carbocycles. The molecule has 0 aliphatic carbocycles. The lowest BCUT2D eigenvalue weighted by atomic mass is 10.9. The molecule has 1 aliphatic heterocycles. The molecule has 0 fully saturated rings. The first-order chi connectivity index (χ1) is 6.00. The molecule has 0 spiro atoms. The van der Waals surface area contributed by atoms with Crippen LogP contribution in [0.2, 0.25) is 0 Å². The van der Waals surface area contributed by atoms with E-state index in [4.69, 9.17) is 22.9 Å². The van der Waals surface area contributed by atoms with Crippen LogP contribution >= 0.6 is 48.5 Å². The topological polar surface area (TPSA) is 107 Å². The number of nitrogens with zero attached hydrogens (tertiary/aromatic N) is 1. The number of rotatable bonds is 2. The van der Waals surface area contributed by atoms with E-state index >= 15 is 0 Å². The molecule has 1 rings (SSSR count). The molecule has 0 atom stereocenters. The average molecular weight is 255 g/mol. The lowest BCUT2D eigenvalue weighted by Gasteiger charge is -2.10. The van der Waals surface area contributed by atoms with E-state index in [1.807, 2.05) is 0 Å². The van der Waals surface area contributed by atoms with Gasteiger partial charge in [0, 0.05) is 35.8 Å². The van der Waals surface area contributed by atoms with Crippen LogP contribution in [-0.2, 0) is 0 Å². The Morgan fingerprint density at radius 3 is 2.08 bits per heavy atom. The van der Waals surface area contributed by atoms with Gasteiger partial charge in [-0.05, 0) is 0 Å². The minimum atomic E-state index is 0.287. The highest BCUT2D eigenvalue weighted by atomic mass is 32.3. The number of hydrogen-bond donors (Lipinski definition) is 5. The molecular weight excluding hydrogens is 246 g/mol. The molecule has 8 N–H and O–H groups in total. The third kappa shape index (κ3) is 3.02. The van der Waals surface area contributed by atoms with Gasteiger partial charge in [-0.15, -0.1) is 15.7 Å². The summed E-state index contributed by atoms with van der Waals surface area (Å²) in [7, 11) is 0. The van der Waals surface area contributed by atoms with E-state index < -0.39 is 0 Å². The summed E-state index contributed by atoms with van der Waals surface area (Å²) in [4.78, 5) is 0. The fraction of sp³-hybridized carbons (Fsp3) is 0. The van der Waals surface area contributed by atoms with Gasteiger partial charge in [0.25, 0.3) is 0 Å². The first-order valence-corrected chi connectivity index (χ1v) is 5.81. The first kappa shape index (κ1) is 11.1. The van der Waals surface area contributed by atoms with E-state index in [1.165, 1.54) is 35.8 Å². The van der Waals surface area contributed by atoms with Crippen molar-refractivity contribution in [1.82, 2.24) is 3.12 Å². The van der Waals surface area contributed by atoms with Crippen molar-refractivity contribution in [2.75, 3.05) is 0 Å². The minimum absolute atomic E-state index is 0.287. The van der Waals surface area contributed by atoms with Crippen LogP contribution in [0.5, 0.6) is 0 Å². The molecule has 0 aromatic heterocycles. The zero-order valence-corrected chi connectivity index (χ0v) is 9.77. The van der Waals surface area contributed by atoms with Crippen molar-refractivity contribution in [3.63, 3.8) is 0 Å². The van der Waals surface area contributed by atoms with Crippen molar-refractivity contribution >= 4 is 48.5 Å². The van der Waals surface area contributed by atoms with Gasteiger partial charge in [-0.3, -0.25) is 0 Å². The highest BCUT2D eigenvalue weighted by Crippen LogP contribution is 2.46. The van der Waals surface area contributed by atoms with E-state index in [-0.39, 0.29) is 5.03 Å². The normalized spacial score (nSPS) is 20.7. The second-order valence-corrected chi connectivity index (χ2v) is 6.11. The van der Waals surface area contributed by atoms with Gasteiger partial charge in [-0.25, -0.2) is 0 Å². The summed E-state index contributed by atoms with van der Waals surface area (Å²) in [6.07, 6.45) is 0. The van der Waals surface area contributed by atoms with Gasteiger partial charge in [-0.1, -0.05) is 0 Å². The Balaban J connectivity index is 2.49. The summed E-state index contributed by atoms with van der Waals surface area (Å²) >= 11 is 7.75. The smallest absolute Gasteiger partial charge is 0.114 e. The lowest BCUT2D eigenvalue weighted by molar-refractivity contribution is 1.29. The monoisotopic (exact) mass is 255 g/mol. The van der Waals surface area contributed by atoms with Crippen molar-refractivity contribution in [3.8, 4) is 0 Å². The molecule has 0 saturated heterocycles. The molecule has 0 amide bonds. The van der Waals surface area contributed by atoms with E-state index in [0.29, 0.717) is 15.1 Å². The van der Waals surface area contributed by atoms with Crippen molar-refractivity contribution in [2.24, 2.45) is 22.9 Å². The summed E-state index contributed by atoms with van der Waals surface area (Å²) in [5.41, 5.74) is 22.0. The second kappa shape index (κ2) is 4.51. The van der Waals surface area contributed by atoms with Crippen LogP contribution in [0.15, 0.2) is 20.1 Å². The summed E-state index contributed by atoms with van der Waals surface area (Å²) < 4.78 is 1.75. The average Bonchev–Trinajstić information content (AvgIpc) is 2.31. The van der Waals surface area contributed by atoms with Crippen molar-refractivity contribution < 1.29 is 0 Å². The summed E-state index contributed by atoms with van der Waals surface area (Å²) in [6, 6.07) is 0. The minimum Gasteiger partial charge on any atom is -0.392 e. The molecule has 1 heterocycles. The summed E-state index contributed by atoms with van der Waals surface area (Å²) in [5.74, 6) is 0. The van der Waals surface area contributed by atoms with Gasteiger partial charge >= 0.3 is 0 Å². The molecule has 5 nitrogen and oxygen atoms in total. The van der Waals surface area contributed by atoms with Crippen LogP contribution in [0.4, 0.5) is 0 Å². The summed E-state index contributed by atoms with van der Waals surface area (Å²) in [6.45, 7) is 0. The Bertz CT molecular complexity index is 256. The van der Waals surface area contributed by atoms with Gasteiger partial charge in [0.15, 0.2) is 0 Å². The maximum Gasteiger partial charge on any atom is 0.114 e. The first-order valence-electron chi connectivity index (χ1n) is 3.04. The van der Waals surface area contributed by atoms with Crippen molar-refractivity contribution in [1.29, 1.82) is 0 Å². The fourth-order valence-electron chi connectivity index (χ4n) is 0.434. The summed E-state index contributed by atoms with van der Waals surface area (Å²) in [5, 5.41) is 1.85. The van der Waals surface area contributed by atoms with Gasteiger partial charge in [0.2, 0.25) is 0 Å². The number of thiol groups is 1. The van der Waals surface area contributed by atoms with Crippen LogP contribution in [0, 0.1) is 0 Å². The third-order valence-corrected chi connectivity index (χ3v) is 4.57. The molecule has 0 bridgehead atoms. The second-order valence-electron chi connectivity index (χ2n) is 1.98. The predicted octanol–water partition coefficient (Wildman–Crippen LogP) is 0.264. The Hall–Kier alpha value is 0.0400. The molecule has 0 unspecified atom stereocenters. The van der Waals surface area contributed by atoms with Gasteiger partial charge < -0.3 is 22.9 Å². The van der Waals surface area contributed by atoms with Crippen molar-refractivity contribution in [3.05, 3.63) is 20.1 Å². The van der Waals surface area contributed by atoms with Crippen LogP contribution in [0.25, 0.3) is 0 Å². The molecule has 9 heteroatoms. The maximum absolute atomic E-state index is 5.56. The zero-order chi connectivity index (χ0) is 10.0. The van der Waals surface area contributed by atoms with Gasteiger partial charge in [0.05, 0.1) is 5.03 Å². The van der Waals surface area contributed by atoms with E-state index in [1.54, 1.807) is 3.12 Å². The molecule has 0 aromatic rings. The number of hydrogen-bond acceptors (Lipinski definition) is 9. The SMILES string of the molecule is NC1=C(N)SN(S/C(N)=C(/N)S)S1.